The summed E-state index contributed by atoms with van der Waals surface area (Å²) >= 11 is 0. The van der Waals surface area contributed by atoms with Crippen LogP contribution in [-0.2, 0) is 25.3 Å². The fourth-order valence-electron chi connectivity index (χ4n) is 3.22. The summed E-state index contributed by atoms with van der Waals surface area (Å²) in [4.78, 5) is 12.6. The number of carbonyl (C=O) groups excluding carboxylic acids is 1. The molecule has 6 nitrogen and oxygen atoms in total. The Labute approximate surface area is 163 Å². The molecule has 1 amide bonds. The van der Waals surface area contributed by atoms with Crippen LogP contribution < -0.4 is 5.32 Å². The lowest BCUT2D eigenvalue weighted by Crippen LogP contribution is -2.48. The van der Waals surface area contributed by atoms with Gasteiger partial charge in [0, 0.05) is 25.6 Å². The second-order valence-electron chi connectivity index (χ2n) is 7.43. The highest BCUT2D eigenvalue weighted by molar-refractivity contribution is 7.88. The fraction of sp³-hybridized carbons (Fsp3) is 0.650. The molecule has 2 rings (SSSR count). The molecule has 152 valence electrons. The van der Waals surface area contributed by atoms with Gasteiger partial charge in [-0.25, -0.2) is 12.7 Å². The van der Waals surface area contributed by atoms with E-state index in [9.17, 15) is 13.2 Å². The Bertz CT molecular complexity index is 683. The van der Waals surface area contributed by atoms with Gasteiger partial charge >= 0.3 is 0 Å². The van der Waals surface area contributed by atoms with Gasteiger partial charge in [-0.2, -0.15) is 0 Å². The Hall–Kier alpha value is -1.44. The molecule has 27 heavy (non-hydrogen) atoms. The molecule has 1 fully saturated rings. The molecule has 0 radical (unpaired) electrons. The van der Waals surface area contributed by atoms with Gasteiger partial charge in [0.15, 0.2) is 0 Å². The monoisotopic (exact) mass is 396 g/mol. The molecule has 0 saturated carbocycles. The zero-order valence-corrected chi connectivity index (χ0v) is 17.4. The second-order valence-corrected chi connectivity index (χ2v) is 9.40. The lowest BCUT2D eigenvalue weighted by atomic mass is 9.96. The van der Waals surface area contributed by atoms with Crippen molar-refractivity contribution >= 4 is 15.9 Å². The van der Waals surface area contributed by atoms with Crippen molar-refractivity contribution in [1.82, 2.24) is 9.62 Å². The van der Waals surface area contributed by atoms with Crippen LogP contribution in [0.5, 0.6) is 0 Å². The Kier molecular flexibility index (Phi) is 8.26. The van der Waals surface area contributed by atoms with E-state index in [0.29, 0.717) is 39.1 Å². The van der Waals surface area contributed by atoms with Crippen molar-refractivity contribution in [3.63, 3.8) is 0 Å². The number of piperidine rings is 1. The Morgan fingerprint density at radius 3 is 2.41 bits per heavy atom. The van der Waals surface area contributed by atoms with Crippen LogP contribution >= 0.6 is 0 Å². The first-order valence-corrected chi connectivity index (χ1v) is 11.3. The third-order valence-electron chi connectivity index (χ3n) is 5.04. The van der Waals surface area contributed by atoms with Crippen LogP contribution in [0.15, 0.2) is 30.3 Å². The minimum Gasteiger partial charge on any atom is -0.380 e. The van der Waals surface area contributed by atoms with E-state index in [-0.39, 0.29) is 29.5 Å². The minimum absolute atomic E-state index is 0.00788. The van der Waals surface area contributed by atoms with Crippen LogP contribution in [0.4, 0.5) is 0 Å². The van der Waals surface area contributed by atoms with E-state index in [1.807, 2.05) is 37.3 Å². The molecule has 1 aromatic rings. The number of benzene rings is 1. The summed E-state index contributed by atoms with van der Waals surface area (Å²) in [5.41, 5.74) is 0.785. The maximum Gasteiger partial charge on any atom is 0.223 e. The standard InChI is InChI=1S/C20H32N2O4S/c1-4-26-14-19(16(2)3)21-20(23)18-10-12-22(13-11-18)27(24,25)15-17-8-6-5-7-9-17/h5-9,16,18-19H,4,10-15H2,1-3H3,(H,21,23)/t19-/m0/s1. The first-order chi connectivity index (χ1) is 12.8. The number of hydrogen-bond donors (Lipinski definition) is 1. The van der Waals surface area contributed by atoms with Crippen LogP contribution in [0.2, 0.25) is 0 Å². The smallest absolute Gasteiger partial charge is 0.223 e. The molecule has 0 unspecified atom stereocenters. The predicted octanol–water partition coefficient (Wildman–Crippen LogP) is 2.41. The van der Waals surface area contributed by atoms with E-state index in [4.69, 9.17) is 4.74 Å². The third kappa shape index (κ3) is 6.59. The first-order valence-electron chi connectivity index (χ1n) is 9.73. The van der Waals surface area contributed by atoms with Crippen LogP contribution in [0.1, 0.15) is 39.2 Å². The number of nitrogens with zero attached hydrogens (tertiary/aromatic N) is 1. The van der Waals surface area contributed by atoms with E-state index < -0.39 is 10.0 Å². The topological polar surface area (TPSA) is 75.7 Å². The molecule has 1 saturated heterocycles. The number of ether oxygens (including phenoxy) is 1. The molecule has 1 N–H and O–H groups in total. The molecule has 1 atom stereocenters. The van der Waals surface area contributed by atoms with Crippen LogP contribution in [-0.4, -0.2) is 51.0 Å². The Morgan fingerprint density at radius 2 is 1.85 bits per heavy atom. The number of amides is 1. The minimum atomic E-state index is -3.35. The third-order valence-corrected chi connectivity index (χ3v) is 6.89. The maximum absolute atomic E-state index is 12.6. The summed E-state index contributed by atoms with van der Waals surface area (Å²) < 4.78 is 32.2. The normalized spacial score (nSPS) is 17.8. The van der Waals surface area contributed by atoms with Gasteiger partial charge in [-0.05, 0) is 31.2 Å². The van der Waals surface area contributed by atoms with Crippen molar-refractivity contribution in [3.05, 3.63) is 35.9 Å². The molecule has 1 aliphatic heterocycles. The number of carbonyl (C=O) groups is 1. The summed E-state index contributed by atoms with van der Waals surface area (Å²) in [5, 5.41) is 3.08. The largest absolute Gasteiger partial charge is 0.380 e. The second kappa shape index (κ2) is 10.2. The van der Waals surface area contributed by atoms with Crippen LogP contribution in [0, 0.1) is 11.8 Å². The van der Waals surface area contributed by atoms with E-state index in [2.05, 4.69) is 19.2 Å². The lowest BCUT2D eigenvalue weighted by molar-refractivity contribution is -0.127. The molecule has 0 aliphatic carbocycles. The number of rotatable bonds is 9. The number of nitrogens with one attached hydrogen (secondary N) is 1. The van der Waals surface area contributed by atoms with Crippen LogP contribution in [0.3, 0.4) is 0 Å². The van der Waals surface area contributed by atoms with Gasteiger partial charge in [0.2, 0.25) is 15.9 Å². The van der Waals surface area contributed by atoms with Crippen molar-refractivity contribution in [3.8, 4) is 0 Å². The SMILES string of the molecule is CCOC[C@H](NC(=O)C1CCN(S(=O)(=O)Cc2ccccc2)CC1)C(C)C. The molecule has 0 aromatic heterocycles. The molecular weight excluding hydrogens is 364 g/mol. The van der Waals surface area contributed by atoms with Gasteiger partial charge in [0.1, 0.15) is 0 Å². The van der Waals surface area contributed by atoms with Crippen molar-refractivity contribution in [1.29, 1.82) is 0 Å². The zero-order valence-electron chi connectivity index (χ0n) is 16.6. The molecule has 7 heteroatoms. The number of sulfonamides is 1. The maximum atomic E-state index is 12.6. The van der Waals surface area contributed by atoms with Gasteiger partial charge in [0.25, 0.3) is 0 Å². The highest BCUT2D eigenvalue weighted by Gasteiger charge is 2.32. The highest BCUT2D eigenvalue weighted by Crippen LogP contribution is 2.22. The molecule has 1 aliphatic rings. The quantitative estimate of drug-likeness (QED) is 0.695. The summed E-state index contributed by atoms with van der Waals surface area (Å²) in [7, 11) is -3.35. The van der Waals surface area contributed by atoms with Crippen molar-refractivity contribution < 1.29 is 17.9 Å². The molecule has 0 spiro atoms. The summed E-state index contributed by atoms with van der Waals surface area (Å²) in [6.07, 6.45) is 1.11. The van der Waals surface area contributed by atoms with Gasteiger partial charge in [-0.15, -0.1) is 0 Å². The molecule has 0 bridgehead atoms. The van der Waals surface area contributed by atoms with Gasteiger partial charge in [-0.1, -0.05) is 44.2 Å². The van der Waals surface area contributed by atoms with E-state index in [1.54, 1.807) is 0 Å². The molecule has 1 heterocycles. The van der Waals surface area contributed by atoms with Gasteiger partial charge < -0.3 is 10.1 Å². The molecular formula is C20H32N2O4S. The van der Waals surface area contributed by atoms with Gasteiger partial charge in [0.05, 0.1) is 18.4 Å². The number of hydrogen-bond acceptors (Lipinski definition) is 4. The summed E-state index contributed by atoms with van der Waals surface area (Å²) in [5.74, 6) is 0.158. The van der Waals surface area contributed by atoms with E-state index in [1.165, 1.54) is 4.31 Å². The fourth-order valence-corrected chi connectivity index (χ4v) is 4.78. The zero-order chi connectivity index (χ0) is 19.9. The van der Waals surface area contributed by atoms with E-state index in [0.717, 1.165) is 5.56 Å². The average Bonchev–Trinajstić information content (AvgIpc) is 2.65. The van der Waals surface area contributed by atoms with Crippen molar-refractivity contribution in [2.45, 2.75) is 45.4 Å². The first kappa shape index (κ1) is 21.9. The highest BCUT2D eigenvalue weighted by atomic mass is 32.2. The predicted molar refractivity (Wildman–Crippen MR) is 107 cm³/mol. The lowest BCUT2D eigenvalue weighted by Gasteiger charge is -2.32. The summed E-state index contributed by atoms with van der Waals surface area (Å²) in [6, 6.07) is 9.18. The Morgan fingerprint density at radius 1 is 1.22 bits per heavy atom. The van der Waals surface area contributed by atoms with E-state index >= 15 is 0 Å². The Balaban J connectivity index is 1.87. The summed E-state index contributed by atoms with van der Waals surface area (Å²) in [6.45, 7) is 7.97. The van der Waals surface area contributed by atoms with Gasteiger partial charge in [-0.3, -0.25) is 4.79 Å². The van der Waals surface area contributed by atoms with Crippen molar-refractivity contribution in [2.24, 2.45) is 11.8 Å². The molecule has 1 aromatic carbocycles. The van der Waals surface area contributed by atoms with Crippen LogP contribution in [0.25, 0.3) is 0 Å². The van der Waals surface area contributed by atoms with Crippen molar-refractivity contribution in [2.75, 3.05) is 26.3 Å². The average molecular weight is 397 g/mol.